The monoisotopic (exact) mass is 369 g/mol. The summed E-state index contributed by atoms with van der Waals surface area (Å²) in [7, 11) is 0. The van der Waals surface area contributed by atoms with Crippen molar-refractivity contribution >= 4 is 30.7 Å². The molecule has 0 spiro atoms. The van der Waals surface area contributed by atoms with E-state index in [2.05, 4.69) is 22.5 Å². The number of carbonyl (C=O) groups is 1. The maximum atomic E-state index is 12.0. The topological polar surface area (TPSA) is 53.6 Å². The SMILES string of the molecule is CC(CC(=O)NCCCN1CCOCC1)C1CCCNC1.Cl.Cl. The van der Waals surface area contributed by atoms with Crippen LogP contribution >= 0.6 is 24.8 Å². The molecular formula is C16H33Cl2N3O2. The van der Waals surface area contributed by atoms with Crippen LogP contribution in [0, 0.1) is 11.8 Å². The van der Waals surface area contributed by atoms with Crippen molar-refractivity contribution in [3.8, 4) is 0 Å². The van der Waals surface area contributed by atoms with Gasteiger partial charge in [-0.2, -0.15) is 0 Å². The predicted molar refractivity (Wildman–Crippen MR) is 98.8 cm³/mol. The van der Waals surface area contributed by atoms with Gasteiger partial charge in [-0.15, -0.1) is 24.8 Å². The minimum absolute atomic E-state index is 0. The van der Waals surface area contributed by atoms with Gasteiger partial charge in [-0.3, -0.25) is 9.69 Å². The van der Waals surface area contributed by atoms with Gasteiger partial charge in [0.05, 0.1) is 13.2 Å². The molecule has 0 aromatic rings. The summed E-state index contributed by atoms with van der Waals surface area (Å²) in [4.78, 5) is 14.4. The minimum Gasteiger partial charge on any atom is -0.379 e. The Hall–Kier alpha value is -0.0700. The summed E-state index contributed by atoms with van der Waals surface area (Å²) in [6, 6.07) is 0. The molecule has 0 aliphatic carbocycles. The Balaban J connectivity index is 0.00000242. The lowest BCUT2D eigenvalue weighted by Crippen LogP contribution is -2.38. The van der Waals surface area contributed by atoms with E-state index in [1.165, 1.54) is 12.8 Å². The summed E-state index contributed by atoms with van der Waals surface area (Å²) in [5.74, 6) is 1.37. The molecule has 23 heavy (non-hydrogen) atoms. The average molecular weight is 370 g/mol. The van der Waals surface area contributed by atoms with Crippen molar-refractivity contribution in [2.75, 3.05) is 52.5 Å². The number of halogens is 2. The Labute approximate surface area is 153 Å². The van der Waals surface area contributed by atoms with Crippen molar-refractivity contribution in [2.24, 2.45) is 11.8 Å². The number of amides is 1. The van der Waals surface area contributed by atoms with Crippen LogP contribution in [-0.2, 0) is 9.53 Å². The zero-order valence-corrected chi connectivity index (χ0v) is 15.9. The Bertz CT molecular complexity index is 310. The fraction of sp³-hybridized carbons (Fsp3) is 0.938. The van der Waals surface area contributed by atoms with E-state index in [0.29, 0.717) is 18.3 Å². The van der Waals surface area contributed by atoms with Gasteiger partial charge in [-0.05, 0) is 50.7 Å². The molecule has 0 bridgehead atoms. The molecule has 2 unspecified atom stereocenters. The number of nitrogens with one attached hydrogen (secondary N) is 2. The van der Waals surface area contributed by atoms with Crippen LogP contribution in [0.1, 0.15) is 32.6 Å². The Morgan fingerprint density at radius 2 is 2.09 bits per heavy atom. The van der Waals surface area contributed by atoms with Crippen molar-refractivity contribution in [1.82, 2.24) is 15.5 Å². The first-order valence-electron chi connectivity index (χ1n) is 8.53. The van der Waals surface area contributed by atoms with Crippen molar-refractivity contribution in [2.45, 2.75) is 32.6 Å². The fourth-order valence-corrected chi connectivity index (χ4v) is 3.25. The molecule has 0 radical (unpaired) electrons. The predicted octanol–water partition coefficient (Wildman–Crippen LogP) is 1.69. The van der Waals surface area contributed by atoms with E-state index in [-0.39, 0.29) is 30.7 Å². The maximum absolute atomic E-state index is 12.0. The molecule has 2 fully saturated rings. The van der Waals surface area contributed by atoms with Crippen LogP contribution in [0.4, 0.5) is 0 Å². The lowest BCUT2D eigenvalue weighted by atomic mass is 9.85. The molecule has 1 amide bonds. The second-order valence-electron chi connectivity index (χ2n) is 6.45. The van der Waals surface area contributed by atoms with Crippen LogP contribution in [0.25, 0.3) is 0 Å². The second kappa shape index (κ2) is 13.2. The van der Waals surface area contributed by atoms with E-state index in [0.717, 1.165) is 58.9 Å². The van der Waals surface area contributed by atoms with Gasteiger partial charge in [0.15, 0.2) is 0 Å². The molecular weight excluding hydrogens is 337 g/mol. The van der Waals surface area contributed by atoms with Gasteiger partial charge in [0.1, 0.15) is 0 Å². The molecule has 7 heteroatoms. The lowest BCUT2D eigenvalue weighted by Gasteiger charge is -2.28. The zero-order valence-electron chi connectivity index (χ0n) is 14.2. The number of nitrogens with zero attached hydrogens (tertiary/aromatic N) is 1. The maximum Gasteiger partial charge on any atom is 0.220 e. The summed E-state index contributed by atoms with van der Waals surface area (Å²) in [6.07, 6.45) is 4.21. The normalized spacial score (nSPS) is 23.3. The van der Waals surface area contributed by atoms with Crippen LogP contribution in [-0.4, -0.2) is 63.3 Å². The first kappa shape index (κ1) is 22.9. The van der Waals surface area contributed by atoms with Crippen LogP contribution in [0.15, 0.2) is 0 Å². The summed E-state index contributed by atoms with van der Waals surface area (Å²) in [5.41, 5.74) is 0. The molecule has 0 saturated carbocycles. The first-order valence-corrected chi connectivity index (χ1v) is 8.53. The largest absolute Gasteiger partial charge is 0.379 e. The van der Waals surface area contributed by atoms with Crippen molar-refractivity contribution in [1.29, 1.82) is 0 Å². The van der Waals surface area contributed by atoms with Gasteiger partial charge in [-0.1, -0.05) is 6.92 Å². The molecule has 138 valence electrons. The van der Waals surface area contributed by atoms with E-state index in [9.17, 15) is 4.79 Å². The number of ether oxygens (including phenoxy) is 1. The highest BCUT2D eigenvalue weighted by Crippen LogP contribution is 2.22. The number of carbonyl (C=O) groups excluding carboxylic acids is 1. The smallest absolute Gasteiger partial charge is 0.220 e. The number of rotatable bonds is 7. The van der Waals surface area contributed by atoms with Gasteiger partial charge < -0.3 is 15.4 Å². The average Bonchev–Trinajstić information content (AvgIpc) is 2.53. The van der Waals surface area contributed by atoms with Crippen LogP contribution < -0.4 is 10.6 Å². The molecule has 5 nitrogen and oxygen atoms in total. The van der Waals surface area contributed by atoms with Crippen molar-refractivity contribution in [3.63, 3.8) is 0 Å². The molecule has 2 rings (SSSR count). The van der Waals surface area contributed by atoms with E-state index in [4.69, 9.17) is 4.74 Å². The van der Waals surface area contributed by atoms with Gasteiger partial charge in [-0.25, -0.2) is 0 Å². The number of piperidine rings is 1. The molecule has 2 aliphatic heterocycles. The number of hydrogen-bond acceptors (Lipinski definition) is 4. The van der Waals surface area contributed by atoms with Gasteiger partial charge >= 0.3 is 0 Å². The van der Waals surface area contributed by atoms with E-state index in [1.54, 1.807) is 0 Å². The van der Waals surface area contributed by atoms with Crippen LogP contribution in [0.2, 0.25) is 0 Å². The lowest BCUT2D eigenvalue weighted by molar-refractivity contribution is -0.122. The van der Waals surface area contributed by atoms with Crippen LogP contribution in [0.3, 0.4) is 0 Å². The summed E-state index contributed by atoms with van der Waals surface area (Å²) < 4.78 is 5.33. The molecule has 2 atom stereocenters. The van der Waals surface area contributed by atoms with Crippen LogP contribution in [0.5, 0.6) is 0 Å². The Morgan fingerprint density at radius 1 is 1.35 bits per heavy atom. The highest BCUT2D eigenvalue weighted by molar-refractivity contribution is 5.85. The standard InChI is InChI=1S/C16H31N3O2.2ClH/c1-14(15-4-2-5-17-13-15)12-16(20)18-6-3-7-19-8-10-21-11-9-19;;/h14-15,17H,2-13H2,1H3,(H,18,20);2*1H. The summed E-state index contributed by atoms with van der Waals surface area (Å²) in [5, 5.41) is 6.51. The first-order chi connectivity index (χ1) is 10.3. The third-order valence-corrected chi connectivity index (χ3v) is 4.72. The molecule has 0 aromatic heterocycles. The Kier molecular flexibility index (Phi) is 13.2. The fourth-order valence-electron chi connectivity index (χ4n) is 3.25. The van der Waals surface area contributed by atoms with E-state index < -0.39 is 0 Å². The van der Waals surface area contributed by atoms with E-state index in [1.807, 2.05) is 0 Å². The quantitative estimate of drug-likeness (QED) is 0.670. The van der Waals surface area contributed by atoms with Crippen molar-refractivity contribution in [3.05, 3.63) is 0 Å². The van der Waals surface area contributed by atoms with Gasteiger partial charge in [0.25, 0.3) is 0 Å². The van der Waals surface area contributed by atoms with E-state index >= 15 is 0 Å². The summed E-state index contributed by atoms with van der Waals surface area (Å²) >= 11 is 0. The molecule has 2 saturated heterocycles. The highest BCUT2D eigenvalue weighted by Gasteiger charge is 2.21. The van der Waals surface area contributed by atoms with Crippen molar-refractivity contribution < 1.29 is 9.53 Å². The molecule has 2 heterocycles. The number of hydrogen-bond donors (Lipinski definition) is 2. The molecule has 0 aromatic carbocycles. The third kappa shape index (κ3) is 9.11. The third-order valence-electron chi connectivity index (χ3n) is 4.72. The second-order valence-corrected chi connectivity index (χ2v) is 6.45. The molecule has 2 aliphatic rings. The van der Waals surface area contributed by atoms with Gasteiger partial charge in [0, 0.05) is 26.1 Å². The number of morpholine rings is 1. The minimum atomic E-state index is 0. The molecule has 2 N–H and O–H groups in total. The van der Waals surface area contributed by atoms with Gasteiger partial charge in [0.2, 0.25) is 5.91 Å². The summed E-state index contributed by atoms with van der Waals surface area (Å²) in [6.45, 7) is 10.0. The Morgan fingerprint density at radius 3 is 2.74 bits per heavy atom. The zero-order chi connectivity index (χ0) is 14.9. The highest BCUT2D eigenvalue weighted by atomic mass is 35.5.